The number of benzene rings is 2. The zero-order chi connectivity index (χ0) is 11.0. The van der Waals surface area contributed by atoms with Gasteiger partial charge in [0.1, 0.15) is 0 Å². The molecule has 78 valence electrons. The molecule has 3 aromatic rings. The lowest BCUT2D eigenvalue weighted by molar-refractivity contribution is 0.762. The summed E-state index contributed by atoms with van der Waals surface area (Å²) in [6.07, 6.45) is 0. The molecule has 0 bridgehead atoms. The molecule has 4 nitrogen and oxygen atoms in total. The number of aromatic nitrogens is 4. The lowest BCUT2D eigenvalue weighted by atomic mass is 10.1. The van der Waals surface area contributed by atoms with Crippen LogP contribution in [0.15, 0.2) is 47.6 Å². The maximum Gasteiger partial charge on any atom is 0.0742 e. The third-order valence-corrected chi connectivity index (χ3v) is 2.69. The molecule has 0 radical (unpaired) electrons. The summed E-state index contributed by atoms with van der Waals surface area (Å²) in [5.41, 5.74) is 0.910. The van der Waals surface area contributed by atoms with E-state index in [4.69, 9.17) is 12.6 Å². The number of nitrogens with zero attached hydrogens (tertiary/aromatic N) is 4. The Hall–Kier alpha value is -2.01. The Morgan fingerprint density at radius 1 is 1.00 bits per heavy atom. The zero-order valence-corrected chi connectivity index (χ0v) is 9.06. The highest BCUT2D eigenvalue weighted by Gasteiger charge is 2.03. The van der Waals surface area contributed by atoms with Crippen LogP contribution in [0, 0.1) is 0 Å². The molecule has 0 unspecified atom stereocenters. The highest BCUT2D eigenvalue weighted by Crippen LogP contribution is 2.21. The van der Waals surface area contributed by atoms with Crippen LogP contribution in [0.5, 0.6) is 0 Å². The molecular weight excluding hydrogens is 220 g/mol. The van der Waals surface area contributed by atoms with Crippen molar-refractivity contribution >= 4 is 23.4 Å². The van der Waals surface area contributed by atoms with E-state index in [2.05, 4.69) is 15.5 Å². The van der Waals surface area contributed by atoms with E-state index >= 15 is 0 Å². The largest absolute Gasteiger partial charge is 0.738 e. The van der Waals surface area contributed by atoms with Crippen LogP contribution in [-0.4, -0.2) is 20.2 Å². The van der Waals surface area contributed by atoms with Crippen LogP contribution in [-0.2, 0) is 12.6 Å². The predicted octanol–water partition coefficient (Wildman–Crippen LogP) is 1.72. The quantitative estimate of drug-likeness (QED) is 0.594. The smallest absolute Gasteiger partial charge is 0.0742 e. The van der Waals surface area contributed by atoms with Gasteiger partial charge in [0.2, 0.25) is 0 Å². The van der Waals surface area contributed by atoms with Crippen molar-refractivity contribution in [2.24, 2.45) is 0 Å². The lowest BCUT2D eigenvalue weighted by Crippen LogP contribution is -1.99. The van der Waals surface area contributed by atoms with Crippen molar-refractivity contribution in [3.05, 3.63) is 42.5 Å². The van der Waals surface area contributed by atoms with Gasteiger partial charge in [-0.2, -0.15) is 0 Å². The Balaban J connectivity index is 2.36. The second-order valence-electron chi connectivity index (χ2n) is 3.37. The molecule has 0 N–H and O–H groups in total. The number of tetrazole rings is 1. The minimum absolute atomic E-state index is 0.372. The van der Waals surface area contributed by atoms with Crippen LogP contribution in [0.4, 0.5) is 0 Å². The first-order chi connectivity index (χ1) is 7.86. The number of rotatable bonds is 1. The fourth-order valence-electron chi connectivity index (χ4n) is 1.72. The van der Waals surface area contributed by atoms with Crippen molar-refractivity contribution in [1.82, 2.24) is 20.2 Å². The summed E-state index contributed by atoms with van der Waals surface area (Å²) in [6, 6.07) is 14.0. The normalized spacial score (nSPS) is 10.8. The summed E-state index contributed by atoms with van der Waals surface area (Å²) in [5.74, 6) is 0. The molecule has 0 aliphatic heterocycles. The maximum atomic E-state index is 5.06. The molecule has 5 heteroatoms. The van der Waals surface area contributed by atoms with E-state index < -0.39 is 0 Å². The van der Waals surface area contributed by atoms with E-state index in [1.165, 1.54) is 0 Å². The number of fused-ring (bicyclic) bond motifs is 1. The van der Waals surface area contributed by atoms with Gasteiger partial charge in [0.25, 0.3) is 0 Å². The minimum atomic E-state index is 0.372. The standard InChI is InChI=1S/C11H8N4S/c16-11-12-13-14-15(11)10-7-3-5-8-4-1-2-6-9(8)10/h1-7H,(H,12,14,16)/p-1. The summed E-state index contributed by atoms with van der Waals surface area (Å²) < 4.78 is 1.57. The van der Waals surface area contributed by atoms with Crippen molar-refractivity contribution in [3.8, 4) is 5.69 Å². The van der Waals surface area contributed by atoms with E-state index in [0.717, 1.165) is 16.5 Å². The molecule has 1 heterocycles. The molecule has 2 aromatic carbocycles. The molecule has 0 amide bonds. The van der Waals surface area contributed by atoms with Gasteiger partial charge in [-0.25, -0.2) is 4.68 Å². The topological polar surface area (TPSA) is 43.6 Å². The number of hydrogen-bond donors (Lipinski definition) is 0. The van der Waals surface area contributed by atoms with Gasteiger partial charge in [-0.15, -0.1) is 5.10 Å². The first-order valence-corrected chi connectivity index (χ1v) is 5.20. The average Bonchev–Trinajstić information content (AvgIpc) is 2.75. The highest BCUT2D eigenvalue weighted by atomic mass is 32.1. The third kappa shape index (κ3) is 1.33. The zero-order valence-electron chi connectivity index (χ0n) is 8.24. The van der Waals surface area contributed by atoms with Gasteiger partial charge in [-0.05, 0) is 21.9 Å². The SMILES string of the molecule is [S-]c1nnnn1-c1cccc2ccccc12. The third-order valence-electron chi connectivity index (χ3n) is 2.44. The van der Waals surface area contributed by atoms with Crippen molar-refractivity contribution in [1.29, 1.82) is 0 Å². The first kappa shape index (κ1) is 9.23. The maximum absolute atomic E-state index is 5.06. The minimum Gasteiger partial charge on any atom is -0.738 e. The van der Waals surface area contributed by atoms with Crippen LogP contribution in [0.2, 0.25) is 0 Å². The Morgan fingerprint density at radius 3 is 2.62 bits per heavy atom. The summed E-state index contributed by atoms with van der Waals surface area (Å²) in [7, 11) is 0. The van der Waals surface area contributed by atoms with Crippen molar-refractivity contribution < 1.29 is 0 Å². The Kier molecular flexibility index (Phi) is 2.04. The van der Waals surface area contributed by atoms with Crippen molar-refractivity contribution in [2.45, 2.75) is 5.16 Å². The molecule has 3 rings (SSSR count). The van der Waals surface area contributed by atoms with E-state index in [1.807, 2.05) is 42.5 Å². The monoisotopic (exact) mass is 227 g/mol. The van der Waals surface area contributed by atoms with Crippen LogP contribution in [0.3, 0.4) is 0 Å². The van der Waals surface area contributed by atoms with Crippen molar-refractivity contribution in [2.75, 3.05) is 0 Å². The Bertz CT molecular complexity index is 642. The first-order valence-electron chi connectivity index (χ1n) is 4.80. The van der Waals surface area contributed by atoms with Gasteiger partial charge in [0.15, 0.2) is 0 Å². The molecule has 0 aliphatic carbocycles. The van der Waals surface area contributed by atoms with E-state index in [-0.39, 0.29) is 0 Å². The fourth-order valence-corrected chi connectivity index (χ4v) is 1.89. The van der Waals surface area contributed by atoms with Gasteiger partial charge in [-0.3, -0.25) is 0 Å². The second kappa shape index (κ2) is 3.53. The fraction of sp³-hybridized carbons (Fsp3) is 0. The summed E-state index contributed by atoms with van der Waals surface area (Å²) in [6.45, 7) is 0. The van der Waals surface area contributed by atoms with E-state index in [9.17, 15) is 0 Å². The van der Waals surface area contributed by atoms with Gasteiger partial charge < -0.3 is 12.6 Å². The predicted molar refractivity (Wildman–Crippen MR) is 62.3 cm³/mol. The van der Waals surface area contributed by atoms with Crippen molar-refractivity contribution in [3.63, 3.8) is 0 Å². The number of hydrogen-bond acceptors (Lipinski definition) is 4. The summed E-state index contributed by atoms with van der Waals surface area (Å²) in [5, 5.41) is 13.8. The summed E-state index contributed by atoms with van der Waals surface area (Å²) in [4.78, 5) is 0. The van der Waals surface area contributed by atoms with Crippen LogP contribution in [0.25, 0.3) is 16.5 Å². The van der Waals surface area contributed by atoms with Crippen LogP contribution >= 0.6 is 0 Å². The molecule has 0 atom stereocenters. The molecular formula is C11H7N4S-. The van der Waals surface area contributed by atoms with Crippen LogP contribution in [0.1, 0.15) is 0 Å². The molecule has 0 aliphatic rings. The molecule has 0 fully saturated rings. The molecule has 0 saturated heterocycles. The second-order valence-corrected chi connectivity index (χ2v) is 3.74. The molecule has 0 spiro atoms. The van der Waals surface area contributed by atoms with E-state index in [0.29, 0.717) is 5.16 Å². The van der Waals surface area contributed by atoms with Gasteiger partial charge in [0.05, 0.1) is 5.69 Å². The lowest BCUT2D eigenvalue weighted by Gasteiger charge is -2.09. The molecule has 1 aromatic heterocycles. The highest BCUT2D eigenvalue weighted by molar-refractivity contribution is 7.58. The van der Waals surface area contributed by atoms with Gasteiger partial charge in [-0.1, -0.05) is 36.4 Å². The Labute approximate surface area is 97.3 Å². The molecule has 0 saturated carbocycles. The molecule has 16 heavy (non-hydrogen) atoms. The van der Waals surface area contributed by atoms with Gasteiger partial charge in [0, 0.05) is 10.5 Å². The average molecular weight is 227 g/mol. The summed E-state index contributed by atoms with van der Waals surface area (Å²) >= 11 is 5.06. The van der Waals surface area contributed by atoms with Crippen LogP contribution < -0.4 is 0 Å². The van der Waals surface area contributed by atoms with Gasteiger partial charge >= 0.3 is 0 Å². The Morgan fingerprint density at radius 2 is 1.81 bits per heavy atom. The van der Waals surface area contributed by atoms with E-state index in [1.54, 1.807) is 4.68 Å².